The van der Waals surface area contributed by atoms with Crippen LogP contribution in [0, 0.1) is 0 Å². The minimum atomic E-state index is -0.884. The number of rotatable bonds is 3. The number of aromatic hydroxyl groups is 3. The molecule has 4 N–H and O–H groups in total. The monoisotopic (exact) mass is 438 g/mol. The van der Waals surface area contributed by atoms with Crippen molar-refractivity contribution in [1.29, 1.82) is 0 Å². The summed E-state index contributed by atoms with van der Waals surface area (Å²) in [4.78, 5) is 13.5. The van der Waals surface area contributed by atoms with E-state index in [9.17, 15) is 25.2 Å². The minimum Gasteiger partial charge on any atom is -0.508 e. The molecule has 1 aliphatic heterocycles. The molecule has 0 bridgehead atoms. The predicted molar refractivity (Wildman–Crippen MR) is 120 cm³/mol. The summed E-state index contributed by atoms with van der Waals surface area (Å²) in [6.07, 6.45) is 2.80. The molecule has 0 fully saturated rings. The minimum absolute atomic E-state index is 0.0380. The Balaban J connectivity index is 2.06. The van der Waals surface area contributed by atoms with Crippen molar-refractivity contribution in [2.75, 3.05) is 0 Å². The van der Waals surface area contributed by atoms with Crippen molar-refractivity contribution in [3.63, 3.8) is 0 Å². The highest BCUT2D eigenvalue weighted by atomic mass is 16.5. The lowest BCUT2D eigenvalue weighted by Crippen LogP contribution is -2.46. The van der Waals surface area contributed by atoms with Crippen molar-refractivity contribution in [2.45, 2.75) is 52.2 Å². The van der Waals surface area contributed by atoms with Crippen molar-refractivity contribution in [1.82, 2.24) is 0 Å². The number of hydrogen-bond acceptors (Lipinski definition) is 7. The number of phenols is 3. The van der Waals surface area contributed by atoms with Gasteiger partial charge in [-0.3, -0.25) is 4.79 Å². The molecule has 7 nitrogen and oxygen atoms in total. The molecule has 1 aliphatic rings. The highest BCUT2D eigenvalue weighted by Gasteiger charge is 2.39. The fourth-order valence-electron chi connectivity index (χ4n) is 3.96. The van der Waals surface area contributed by atoms with Crippen LogP contribution in [0.2, 0.25) is 0 Å². The molecular weight excluding hydrogens is 412 g/mol. The third-order valence-electron chi connectivity index (χ3n) is 5.89. The molecule has 0 spiro atoms. The molecule has 0 aliphatic carbocycles. The molecule has 1 aromatic heterocycles. The van der Waals surface area contributed by atoms with Crippen LogP contribution in [0.15, 0.2) is 45.3 Å². The van der Waals surface area contributed by atoms with Crippen LogP contribution >= 0.6 is 0 Å². The van der Waals surface area contributed by atoms with E-state index < -0.39 is 17.1 Å². The summed E-state index contributed by atoms with van der Waals surface area (Å²) in [5.41, 5.74) is 0.905. The Hall–Kier alpha value is -3.45. The third-order valence-corrected chi connectivity index (χ3v) is 5.89. The average Bonchev–Trinajstić information content (AvgIpc) is 2.69. The molecule has 0 radical (unpaired) electrons. The molecule has 32 heavy (non-hydrogen) atoms. The lowest BCUT2D eigenvalue weighted by molar-refractivity contribution is -0.0415. The van der Waals surface area contributed by atoms with Crippen LogP contribution in [-0.2, 0) is 12.8 Å². The van der Waals surface area contributed by atoms with Crippen LogP contribution in [0.5, 0.6) is 23.0 Å². The summed E-state index contributed by atoms with van der Waals surface area (Å²) in [5.74, 6) is -0.283. The van der Waals surface area contributed by atoms with Gasteiger partial charge in [-0.05, 0) is 46.2 Å². The zero-order valence-corrected chi connectivity index (χ0v) is 18.4. The second-order valence-electron chi connectivity index (χ2n) is 8.93. The van der Waals surface area contributed by atoms with E-state index in [1.807, 2.05) is 19.9 Å². The maximum Gasteiger partial charge on any atom is 0.204 e. The van der Waals surface area contributed by atoms with Gasteiger partial charge in [0.2, 0.25) is 5.43 Å². The Morgan fingerprint density at radius 1 is 1.19 bits per heavy atom. The van der Waals surface area contributed by atoms with Gasteiger partial charge in [-0.1, -0.05) is 11.6 Å². The Morgan fingerprint density at radius 2 is 1.91 bits per heavy atom. The molecule has 2 heterocycles. The third kappa shape index (κ3) is 3.48. The quantitative estimate of drug-likeness (QED) is 0.453. The van der Waals surface area contributed by atoms with Gasteiger partial charge in [0.25, 0.3) is 0 Å². The van der Waals surface area contributed by atoms with Crippen LogP contribution in [0.4, 0.5) is 0 Å². The van der Waals surface area contributed by atoms with Gasteiger partial charge in [0.15, 0.2) is 0 Å². The number of hydrogen-bond donors (Lipinski definition) is 4. The number of aliphatic hydroxyl groups excluding tert-OH is 1. The van der Waals surface area contributed by atoms with Gasteiger partial charge < -0.3 is 29.6 Å². The zero-order chi connectivity index (χ0) is 23.4. The van der Waals surface area contributed by atoms with Gasteiger partial charge in [0.05, 0.1) is 11.7 Å². The van der Waals surface area contributed by atoms with E-state index in [1.165, 1.54) is 18.4 Å². The molecule has 0 saturated carbocycles. The van der Waals surface area contributed by atoms with E-state index in [1.54, 1.807) is 13.8 Å². The Labute approximate surface area is 184 Å². The molecule has 7 heteroatoms. The smallest absolute Gasteiger partial charge is 0.204 e. The van der Waals surface area contributed by atoms with Gasteiger partial charge in [-0.25, -0.2) is 0 Å². The molecule has 168 valence electrons. The lowest BCUT2D eigenvalue weighted by Gasteiger charge is -2.38. The van der Waals surface area contributed by atoms with Crippen molar-refractivity contribution in [3.8, 4) is 34.1 Å². The highest BCUT2D eigenvalue weighted by Crippen LogP contribution is 2.46. The second kappa shape index (κ2) is 7.60. The van der Waals surface area contributed by atoms with Gasteiger partial charge in [-0.15, -0.1) is 0 Å². The molecule has 3 aromatic rings. The van der Waals surface area contributed by atoms with Crippen LogP contribution in [0.25, 0.3) is 22.1 Å². The average molecular weight is 438 g/mol. The van der Waals surface area contributed by atoms with Crippen molar-refractivity contribution in [2.24, 2.45) is 0 Å². The number of ether oxygens (including phenoxy) is 1. The molecule has 0 saturated heterocycles. The lowest BCUT2D eigenvalue weighted by atomic mass is 9.87. The summed E-state index contributed by atoms with van der Waals surface area (Å²) in [5, 5.41) is 41.6. The highest BCUT2D eigenvalue weighted by molar-refractivity contribution is 5.93. The number of phenolic OH excluding ortho intramolecular Hbond substituents is 3. The van der Waals surface area contributed by atoms with Crippen LogP contribution in [0.3, 0.4) is 0 Å². The molecule has 2 aromatic carbocycles. The predicted octanol–water partition coefficient (Wildman–Crippen LogP) is 4.16. The molecule has 0 unspecified atom stereocenters. The first-order valence-electron chi connectivity index (χ1n) is 10.4. The van der Waals surface area contributed by atoms with E-state index >= 15 is 0 Å². The van der Waals surface area contributed by atoms with Gasteiger partial charge in [0.1, 0.15) is 45.8 Å². The first kappa shape index (κ1) is 21.8. The van der Waals surface area contributed by atoms with Crippen LogP contribution in [0.1, 0.15) is 38.8 Å². The maximum absolute atomic E-state index is 13.5. The SMILES string of the molecule is CC(C)=CCc1c2c(c3occ(-c4ccc(O)cc4O)c(=O)c3c1O)C[C@H](O)C(C)(C)O2. The Bertz CT molecular complexity index is 1310. The van der Waals surface area contributed by atoms with Gasteiger partial charge in [-0.2, -0.15) is 0 Å². The normalized spacial score (nSPS) is 17.0. The fourth-order valence-corrected chi connectivity index (χ4v) is 3.96. The maximum atomic E-state index is 13.5. The van der Waals surface area contributed by atoms with Crippen LogP contribution < -0.4 is 10.2 Å². The topological polar surface area (TPSA) is 120 Å². The van der Waals surface area contributed by atoms with E-state index in [0.717, 1.165) is 11.6 Å². The Kier molecular flexibility index (Phi) is 5.17. The summed E-state index contributed by atoms with van der Waals surface area (Å²) in [6, 6.07) is 3.87. The molecule has 1 atom stereocenters. The molecular formula is C25H26O7. The number of benzene rings is 2. The van der Waals surface area contributed by atoms with Crippen LogP contribution in [-0.4, -0.2) is 32.1 Å². The fraction of sp³-hybridized carbons (Fsp3) is 0.320. The first-order valence-corrected chi connectivity index (χ1v) is 10.4. The van der Waals surface area contributed by atoms with E-state index in [0.29, 0.717) is 23.3 Å². The second-order valence-corrected chi connectivity index (χ2v) is 8.93. The van der Waals surface area contributed by atoms with Gasteiger partial charge in [0, 0.05) is 29.2 Å². The summed E-state index contributed by atoms with van der Waals surface area (Å²) in [7, 11) is 0. The molecule has 0 amide bonds. The van der Waals surface area contributed by atoms with Crippen molar-refractivity contribution in [3.05, 3.63) is 57.5 Å². The zero-order valence-electron chi connectivity index (χ0n) is 18.4. The summed E-state index contributed by atoms with van der Waals surface area (Å²) < 4.78 is 11.9. The molecule has 4 rings (SSSR count). The summed E-state index contributed by atoms with van der Waals surface area (Å²) in [6.45, 7) is 7.39. The van der Waals surface area contributed by atoms with E-state index in [-0.39, 0.29) is 45.8 Å². The van der Waals surface area contributed by atoms with Crippen molar-refractivity contribution < 1.29 is 29.6 Å². The number of aliphatic hydroxyl groups is 1. The van der Waals surface area contributed by atoms with Gasteiger partial charge >= 0.3 is 0 Å². The standard InChI is InChI=1S/C25H26O7/c1-12(2)5-7-15-21(29)20-22(30)17(14-8-6-13(26)9-18(14)27)11-31-24(20)16-10-19(28)25(3,4)32-23(15)16/h5-6,8-9,11,19,26-29H,7,10H2,1-4H3/t19-/m0/s1. The first-order chi connectivity index (χ1) is 15.0. The number of fused-ring (bicyclic) bond motifs is 3. The summed E-state index contributed by atoms with van der Waals surface area (Å²) >= 11 is 0. The Morgan fingerprint density at radius 3 is 2.56 bits per heavy atom. The van der Waals surface area contributed by atoms with Crippen molar-refractivity contribution >= 4 is 11.0 Å². The van der Waals surface area contributed by atoms with E-state index in [2.05, 4.69) is 0 Å². The number of allylic oxidation sites excluding steroid dienone is 2. The van der Waals surface area contributed by atoms with E-state index in [4.69, 9.17) is 9.15 Å². The largest absolute Gasteiger partial charge is 0.508 e.